The molecule has 4 aromatic rings. The number of hydrogen-bond acceptors (Lipinski definition) is 15. The summed E-state index contributed by atoms with van der Waals surface area (Å²) in [5, 5.41) is 33.4. The minimum absolute atomic E-state index is 0.0262. The number of benzene rings is 4. The van der Waals surface area contributed by atoms with Crippen molar-refractivity contribution < 1.29 is 57.6 Å². The smallest absolute Gasteiger partial charge is 0.338 e. The van der Waals surface area contributed by atoms with E-state index >= 15 is 0 Å². The predicted molar refractivity (Wildman–Crippen MR) is 173 cm³/mol. The molecular weight excluding hydrogens is 678 g/mol. The van der Waals surface area contributed by atoms with Crippen LogP contribution in [-0.2, 0) is 14.2 Å². The molecule has 264 valence electrons. The number of nitro benzene ring substituents is 3. The van der Waals surface area contributed by atoms with E-state index in [-0.39, 0.29) is 56.6 Å². The van der Waals surface area contributed by atoms with E-state index in [0.29, 0.717) is 0 Å². The Morgan fingerprint density at radius 1 is 0.549 bits per heavy atom. The van der Waals surface area contributed by atoms with E-state index in [1.165, 1.54) is 33.5 Å². The highest BCUT2D eigenvalue weighted by Crippen LogP contribution is 2.41. The molecule has 0 fully saturated rings. The Labute approximate surface area is 287 Å². The maximum atomic E-state index is 13.5. The number of carbonyl (C=O) groups excluding carboxylic acids is 3. The van der Waals surface area contributed by atoms with Crippen molar-refractivity contribution in [3.8, 4) is 17.2 Å². The van der Waals surface area contributed by atoms with Gasteiger partial charge in [0.05, 0.1) is 52.8 Å². The Balaban J connectivity index is 1.80. The first-order valence-electron chi connectivity index (χ1n) is 14.5. The van der Waals surface area contributed by atoms with Crippen molar-refractivity contribution >= 4 is 35.0 Å². The van der Waals surface area contributed by atoms with Crippen LogP contribution in [0, 0.1) is 30.3 Å². The summed E-state index contributed by atoms with van der Waals surface area (Å²) in [4.78, 5) is 71.4. The second-order valence-electron chi connectivity index (χ2n) is 10.2. The van der Waals surface area contributed by atoms with Crippen molar-refractivity contribution in [1.29, 1.82) is 0 Å². The molecule has 0 amide bonds. The lowest BCUT2D eigenvalue weighted by Crippen LogP contribution is -2.34. The standard InChI is InChI=1S/C33H27N3O15/c1-46-26-17-28(48-3)27(47-2)16-25(26)30(51-33(39)21-8-14-24(15-9-21)36(44)45)29(50-32(38)20-6-12-23(13-7-20)35(42)43)18-49-31(37)19-4-10-22(11-5-19)34(40)41/h4-17,29-30H,18H2,1-3H3/t29-,30+/m0/s1. The van der Waals surface area contributed by atoms with Gasteiger partial charge in [0.1, 0.15) is 12.4 Å². The summed E-state index contributed by atoms with van der Waals surface area (Å²) < 4.78 is 33.3. The monoisotopic (exact) mass is 705 g/mol. The Hall–Kier alpha value is -7.11. The molecule has 4 aromatic carbocycles. The van der Waals surface area contributed by atoms with Crippen LogP contribution in [0.15, 0.2) is 84.9 Å². The van der Waals surface area contributed by atoms with Crippen molar-refractivity contribution in [2.24, 2.45) is 0 Å². The lowest BCUT2D eigenvalue weighted by atomic mass is 10.0. The molecule has 18 heteroatoms. The fourth-order valence-electron chi connectivity index (χ4n) is 4.59. The zero-order valence-electron chi connectivity index (χ0n) is 26.9. The summed E-state index contributed by atoms with van der Waals surface area (Å²) in [6, 6.07) is 15.9. The van der Waals surface area contributed by atoms with E-state index in [4.69, 9.17) is 28.4 Å². The van der Waals surface area contributed by atoms with Gasteiger partial charge < -0.3 is 28.4 Å². The van der Waals surface area contributed by atoms with Crippen LogP contribution in [0.1, 0.15) is 42.7 Å². The quantitative estimate of drug-likeness (QED) is 0.0650. The molecular formula is C33H27N3O15. The highest BCUT2D eigenvalue weighted by molar-refractivity contribution is 5.91. The second-order valence-corrected chi connectivity index (χ2v) is 10.2. The summed E-state index contributed by atoms with van der Waals surface area (Å²) in [6.07, 6.45) is -3.34. The first-order valence-corrected chi connectivity index (χ1v) is 14.5. The Kier molecular flexibility index (Phi) is 11.8. The van der Waals surface area contributed by atoms with Gasteiger partial charge in [0.15, 0.2) is 23.7 Å². The summed E-state index contributed by atoms with van der Waals surface area (Å²) in [5.41, 5.74) is -1.30. The van der Waals surface area contributed by atoms with Crippen LogP contribution in [0.5, 0.6) is 17.2 Å². The Morgan fingerprint density at radius 2 is 0.922 bits per heavy atom. The second kappa shape index (κ2) is 16.3. The molecule has 4 rings (SSSR count). The van der Waals surface area contributed by atoms with Crippen molar-refractivity contribution in [2.45, 2.75) is 12.2 Å². The van der Waals surface area contributed by atoms with E-state index in [1.54, 1.807) is 0 Å². The molecule has 18 nitrogen and oxygen atoms in total. The number of nitro groups is 3. The number of hydrogen-bond donors (Lipinski definition) is 0. The number of rotatable bonds is 15. The molecule has 0 radical (unpaired) electrons. The molecule has 0 saturated carbocycles. The van der Waals surface area contributed by atoms with Crippen LogP contribution in [0.2, 0.25) is 0 Å². The molecule has 0 heterocycles. The molecule has 0 saturated heterocycles. The third-order valence-corrected chi connectivity index (χ3v) is 7.19. The number of nitrogens with zero attached hydrogens (tertiary/aromatic N) is 3. The number of methoxy groups -OCH3 is 3. The normalized spacial score (nSPS) is 11.7. The number of carbonyl (C=O) groups is 3. The van der Waals surface area contributed by atoms with Crippen LogP contribution in [0.3, 0.4) is 0 Å². The molecule has 0 aromatic heterocycles. The maximum Gasteiger partial charge on any atom is 0.338 e. The first kappa shape index (κ1) is 36.7. The van der Waals surface area contributed by atoms with Gasteiger partial charge in [0.25, 0.3) is 17.1 Å². The van der Waals surface area contributed by atoms with Crippen molar-refractivity contribution in [1.82, 2.24) is 0 Å². The van der Waals surface area contributed by atoms with Crippen LogP contribution >= 0.6 is 0 Å². The zero-order valence-corrected chi connectivity index (χ0v) is 26.9. The van der Waals surface area contributed by atoms with Crippen LogP contribution in [0.25, 0.3) is 0 Å². The average Bonchev–Trinajstić information content (AvgIpc) is 3.14. The highest BCUT2D eigenvalue weighted by Gasteiger charge is 2.36. The Morgan fingerprint density at radius 3 is 1.31 bits per heavy atom. The predicted octanol–water partition coefficient (Wildman–Crippen LogP) is 5.42. The van der Waals surface area contributed by atoms with Crippen LogP contribution < -0.4 is 14.2 Å². The summed E-state index contributed by atoms with van der Waals surface area (Å²) >= 11 is 0. The molecule has 0 N–H and O–H groups in total. The molecule has 0 aliphatic heterocycles. The van der Waals surface area contributed by atoms with Gasteiger partial charge in [0.2, 0.25) is 0 Å². The number of esters is 3. The zero-order chi connectivity index (χ0) is 37.2. The summed E-state index contributed by atoms with van der Waals surface area (Å²) in [7, 11) is 3.96. The van der Waals surface area contributed by atoms with Gasteiger partial charge in [-0.25, -0.2) is 14.4 Å². The maximum absolute atomic E-state index is 13.5. The van der Waals surface area contributed by atoms with Gasteiger partial charge in [-0.3, -0.25) is 30.3 Å². The van der Waals surface area contributed by atoms with Crippen molar-refractivity contribution in [2.75, 3.05) is 27.9 Å². The molecule has 0 spiro atoms. The number of non-ortho nitro benzene ring substituents is 3. The number of ether oxygens (including phenoxy) is 6. The lowest BCUT2D eigenvalue weighted by Gasteiger charge is -2.29. The molecule has 0 aliphatic carbocycles. The van der Waals surface area contributed by atoms with E-state index in [1.807, 2.05) is 0 Å². The molecule has 0 unspecified atom stereocenters. The minimum Gasteiger partial charge on any atom is -0.496 e. The van der Waals surface area contributed by atoms with Gasteiger partial charge in [-0.05, 0) is 42.5 Å². The van der Waals surface area contributed by atoms with Gasteiger partial charge in [-0.15, -0.1) is 0 Å². The van der Waals surface area contributed by atoms with Gasteiger partial charge in [-0.2, -0.15) is 0 Å². The molecule has 2 atom stereocenters. The summed E-state index contributed by atoms with van der Waals surface area (Å²) in [6.45, 7) is -0.787. The topological polar surface area (TPSA) is 236 Å². The van der Waals surface area contributed by atoms with E-state index in [0.717, 1.165) is 72.8 Å². The fourth-order valence-corrected chi connectivity index (χ4v) is 4.59. The van der Waals surface area contributed by atoms with Crippen molar-refractivity contribution in [3.63, 3.8) is 0 Å². The fraction of sp³-hybridized carbons (Fsp3) is 0.182. The molecule has 0 bridgehead atoms. The lowest BCUT2D eigenvalue weighted by molar-refractivity contribution is -0.385. The summed E-state index contributed by atoms with van der Waals surface area (Å²) in [5.74, 6) is -2.77. The molecule has 0 aliphatic rings. The van der Waals surface area contributed by atoms with E-state index in [9.17, 15) is 44.7 Å². The molecule has 51 heavy (non-hydrogen) atoms. The third kappa shape index (κ3) is 8.87. The SMILES string of the molecule is COc1cc(OC)c([C@@H](OC(=O)c2ccc([N+](=O)[O-])cc2)[C@H](COC(=O)c2ccc([N+](=O)[O-])cc2)OC(=O)c2ccc([N+](=O)[O-])cc2)cc1OC. The van der Waals surface area contributed by atoms with Gasteiger partial charge >= 0.3 is 17.9 Å². The van der Waals surface area contributed by atoms with Crippen molar-refractivity contribution in [3.05, 3.63) is 138 Å². The highest BCUT2D eigenvalue weighted by atomic mass is 16.6. The Bertz CT molecular complexity index is 1950. The van der Waals surface area contributed by atoms with Crippen LogP contribution in [0.4, 0.5) is 17.1 Å². The van der Waals surface area contributed by atoms with E-state index in [2.05, 4.69) is 0 Å². The van der Waals surface area contributed by atoms with Gasteiger partial charge in [-0.1, -0.05) is 0 Å². The van der Waals surface area contributed by atoms with Crippen LogP contribution in [-0.4, -0.2) is 66.7 Å². The average molecular weight is 706 g/mol. The largest absolute Gasteiger partial charge is 0.496 e. The van der Waals surface area contributed by atoms with Gasteiger partial charge in [0, 0.05) is 48.0 Å². The van der Waals surface area contributed by atoms with E-state index < -0.39 is 51.5 Å². The third-order valence-electron chi connectivity index (χ3n) is 7.19. The minimum atomic E-state index is -1.68. The first-order chi connectivity index (χ1) is 24.4.